The summed E-state index contributed by atoms with van der Waals surface area (Å²) in [5.41, 5.74) is 2.78. The molecule has 1 aliphatic carbocycles. The standard InChI is InChI=1S/C28H33NO3/c1-29-16-8-13-22(18-29)28(21-11-6-3-7-12-21)32-23-14-15-24-26(17-23)31-19-25(27(24)30)20-9-4-2-5-10-20/h3,6-7,11-12,14-15,17,19-20,22,28H,2,4-5,8-10,13,16,18H2,1H3. The van der Waals surface area contributed by atoms with Gasteiger partial charge >= 0.3 is 0 Å². The summed E-state index contributed by atoms with van der Waals surface area (Å²) in [7, 11) is 2.18. The van der Waals surface area contributed by atoms with Crippen LogP contribution in [0.1, 0.15) is 68.1 Å². The fraction of sp³-hybridized carbons (Fsp3) is 0.464. The van der Waals surface area contributed by atoms with E-state index in [1.807, 2.05) is 24.3 Å². The molecular weight excluding hydrogens is 398 g/mol. The number of piperidine rings is 1. The van der Waals surface area contributed by atoms with Crippen LogP contribution in [0.2, 0.25) is 0 Å². The van der Waals surface area contributed by atoms with Crippen LogP contribution in [0.25, 0.3) is 11.0 Å². The lowest BCUT2D eigenvalue weighted by atomic mass is 9.84. The second-order valence-electron chi connectivity index (χ2n) is 9.63. The molecule has 4 nitrogen and oxygen atoms in total. The van der Waals surface area contributed by atoms with Crippen molar-refractivity contribution in [1.29, 1.82) is 0 Å². The number of ether oxygens (including phenoxy) is 1. The minimum absolute atomic E-state index is 0.0235. The largest absolute Gasteiger partial charge is 0.485 e. The van der Waals surface area contributed by atoms with E-state index >= 15 is 0 Å². The first-order valence-corrected chi connectivity index (χ1v) is 12.1. The van der Waals surface area contributed by atoms with Gasteiger partial charge in [-0.15, -0.1) is 0 Å². The molecule has 0 bridgehead atoms. The van der Waals surface area contributed by atoms with E-state index in [9.17, 15) is 4.79 Å². The number of rotatable bonds is 5. The molecule has 168 valence electrons. The van der Waals surface area contributed by atoms with E-state index in [-0.39, 0.29) is 11.5 Å². The van der Waals surface area contributed by atoms with E-state index in [2.05, 4.69) is 36.2 Å². The highest BCUT2D eigenvalue weighted by Gasteiger charge is 2.29. The van der Waals surface area contributed by atoms with Crippen LogP contribution in [0.3, 0.4) is 0 Å². The maximum absolute atomic E-state index is 13.2. The maximum Gasteiger partial charge on any atom is 0.196 e. The quantitative estimate of drug-likeness (QED) is 0.475. The van der Waals surface area contributed by atoms with E-state index in [1.165, 1.54) is 31.2 Å². The van der Waals surface area contributed by atoms with Crippen molar-refractivity contribution in [3.05, 3.63) is 76.1 Å². The van der Waals surface area contributed by atoms with E-state index in [1.54, 1.807) is 6.26 Å². The number of hydrogen-bond acceptors (Lipinski definition) is 4. The fourth-order valence-corrected chi connectivity index (χ4v) is 5.57. The molecule has 0 amide bonds. The SMILES string of the molecule is CN1CCCC(C(Oc2ccc3c(=O)c(C4CCCCC4)coc3c2)c2ccccc2)C1. The lowest BCUT2D eigenvalue weighted by Crippen LogP contribution is -2.36. The highest BCUT2D eigenvalue weighted by molar-refractivity contribution is 5.78. The summed E-state index contributed by atoms with van der Waals surface area (Å²) in [6.45, 7) is 2.16. The van der Waals surface area contributed by atoms with Gasteiger partial charge in [-0.05, 0) is 62.9 Å². The zero-order chi connectivity index (χ0) is 21.9. The molecule has 1 aromatic heterocycles. The molecule has 0 spiro atoms. The molecule has 3 aromatic rings. The van der Waals surface area contributed by atoms with Crippen molar-refractivity contribution in [3.63, 3.8) is 0 Å². The van der Waals surface area contributed by atoms with Crippen molar-refractivity contribution < 1.29 is 9.15 Å². The van der Waals surface area contributed by atoms with Crippen molar-refractivity contribution in [2.24, 2.45) is 5.92 Å². The highest BCUT2D eigenvalue weighted by atomic mass is 16.5. The minimum atomic E-state index is -0.0235. The van der Waals surface area contributed by atoms with Gasteiger partial charge in [-0.3, -0.25) is 4.79 Å². The number of nitrogens with zero attached hydrogens (tertiary/aromatic N) is 1. The summed E-state index contributed by atoms with van der Waals surface area (Å²) in [4.78, 5) is 15.5. The molecule has 0 radical (unpaired) electrons. The predicted octanol–water partition coefficient (Wildman–Crippen LogP) is 6.30. The van der Waals surface area contributed by atoms with Gasteiger partial charge < -0.3 is 14.1 Å². The van der Waals surface area contributed by atoms with Crippen LogP contribution in [0.15, 0.2) is 64.0 Å². The first kappa shape index (κ1) is 21.3. The molecule has 32 heavy (non-hydrogen) atoms. The number of hydrogen-bond donors (Lipinski definition) is 0. The van der Waals surface area contributed by atoms with Crippen LogP contribution >= 0.6 is 0 Å². The summed E-state index contributed by atoms with van der Waals surface area (Å²) in [5, 5.41) is 0.661. The maximum atomic E-state index is 13.2. The Balaban J connectivity index is 1.44. The first-order chi connectivity index (χ1) is 15.7. The molecule has 1 aliphatic heterocycles. The Hall–Kier alpha value is -2.59. The van der Waals surface area contributed by atoms with E-state index in [4.69, 9.17) is 9.15 Å². The summed E-state index contributed by atoms with van der Waals surface area (Å²) in [6.07, 6.45) is 9.87. The summed E-state index contributed by atoms with van der Waals surface area (Å²) < 4.78 is 12.6. The Labute approximate surface area is 190 Å². The molecule has 1 saturated carbocycles. The lowest BCUT2D eigenvalue weighted by Gasteiger charge is -2.35. The molecule has 2 aromatic carbocycles. The number of benzene rings is 2. The Morgan fingerprint density at radius 3 is 2.59 bits per heavy atom. The second kappa shape index (κ2) is 9.50. The summed E-state index contributed by atoms with van der Waals surface area (Å²) in [5.74, 6) is 1.52. The third-order valence-corrected chi connectivity index (χ3v) is 7.30. The van der Waals surface area contributed by atoms with E-state index in [0.717, 1.165) is 43.7 Å². The minimum Gasteiger partial charge on any atom is -0.485 e. The van der Waals surface area contributed by atoms with Crippen LogP contribution in [0.4, 0.5) is 0 Å². The van der Waals surface area contributed by atoms with Crippen LogP contribution in [0.5, 0.6) is 5.75 Å². The smallest absolute Gasteiger partial charge is 0.196 e. The number of fused-ring (bicyclic) bond motifs is 1. The van der Waals surface area contributed by atoms with Crippen molar-refractivity contribution in [3.8, 4) is 5.75 Å². The second-order valence-corrected chi connectivity index (χ2v) is 9.63. The van der Waals surface area contributed by atoms with Crippen LogP contribution in [0, 0.1) is 5.92 Å². The molecule has 2 atom stereocenters. The van der Waals surface area contributed by atoms with Crippen LogP contribution < -0.4 is 10.2 Å². The number of likely N-dealkylation sites (tertiary alicyclic amines) is 1. The van der Waals surface area contributed by atoms with E-state index < -0.39 is 0 Å². The zero-order valence-corrected chi connectivity index (χ0v) is 19.0. The van der Waals surface area contributed by atoms with Gasteiger partial charge in [0, 0.05) is 24.1 Å². The van der Waals surface area contributed by atoms with Crippen molar-refractivity contribution in [2.75, 3.05) is 20.1 Å². The molecular formula is C28H33NO3. The Kier molecular flexibility index (Phi) is 6.31. The molecule has 4 heteroatoms. The Morgan fingerprint density at radius 1 is 1.00 bits per heavy atom. The van der Waals surface area contributed by atoms with E-state index in [0.29, 0.717) is 22.8 Å². The van der Waals surface area contributed by atoms with Crippen molar-refractivity contribution in [2.45, 2.75) is 57.0 Å². The molecule has 2 unspecified atom stereocenters. The van der Waals surface area contributed by atoms with Gasteiger partial charge in [0.2, 0.25) is 0 Å². The molecule has 5 rings (SSSR count). The van der Waals surface area contributed by atoms with Gasteiger partial charge in [-0.2, -0.15) is 0 Å². The summed E-state index contributed by atoms with van der Waals surface area (Å²) >= 11 is 0. The third kappa shape index (κ3) is 4.47. The first-order valence-electron chi connectivity index (χ1n) is 12.1. The topological polar surface area (TPSA) is 42.7 Å². The third-order valence-electron chi connectivity index (χ3n) is 7.30. The Morgan fingerprint density at radius 2 is 1.81 bits per heavy atom. The van der Waals surface area contributed by atoms with Gasteiger partial charge in [-0.25, -0.2) is 0 Å². The van der Waals surface area contributed by atoms with Crippen LogP contribution in [-0.2, 0) is 0 Å². The molecule has 0 N–H and O–H groups in total. The van der Waals surface area contributed by atoms with Gasteiger partial charge in [-0.1, -0.05) is 49.6 Å². The van der Waals surface area contributed by atoms with Gasteiger partial charge in [0.25, 0.3) is 0 Å². The summed E-state index contributed by atoms with van der Waals surface area (Å²) in [6, 6.07) is 16.2. The Bertz CT molecular complexity index is 1100. The fourth-order valence-electron chi connectivity index (χ4n) is 5.57. The van der Waals surface area contributed by atoms with Gasteiger partial charge in [0.15, 0.2) is 5.43 Å². The molecule has 2 fully saturated rings. The highest BCUT2D eigenvalue weighted by Crippen LogP contribution is 2.35. The zero-order valence-electron chi connectivity index (χ0n) is 19.0. The monoisotopic (exact) mass is 431 g/mol. The van der Waals surface area contributed by atoms with Gasteiger partial charge in [0.1, 0.15) is 17.4 Å². The van der Waals surface area contributed by atoms with Crippen molar-refractivity contribution >= 4 is 11.0 Å². The average Bonchev–Trinajstić information content (AvgIpc) is 2.84. The molecule has 1 saturated heterocycles. The van der Waals surface area contributed by atoms with Crippen molar-refractivity contribution in [1.82, 2.24) is 4.90 Å². The molecule has 2 heterocycles. The van der Waals surface area contributed by atoms with Gasteiger partial charge in [0.05, 0.1) is 11.6 Å². The normalized spacial score (nSPS) is 21.5. The average molecular weight is 432 g/mol. The van der Waals surface area contributed by atoms with Crippen LogP contribution in [-0.4, -0.2) is 25.0 Å². The predicted molar refractivity (Wildman–Crippen MR) is 128 cm³/mol. The lowest BCUT2D eigenvalue weighted by molar-refractivity contribution is 0.0777. The molecule has 2 aliphatic rings.